The zero-order chi connectivity index (χ0) is 39.0. The second-order valence-electron chi connectivity index (χ2n) is 14.3. The molecule has 0 aliphatic carbocycles. The molecule has 3 aromatic carbocycles. The van der Waals surface area contributed by atoms with E-state index in [9.17, 15) is 19.2 Å². The van der Waals surface area contributed by atoms with E-state index in [1.807, 2.05) is 0 Å². The Balaban J connectivity index is 1.18. The molecule has 15 nitrogen and oxygen atoms in total. The minimum absolute atomic E-state index is 0.0492. The molecule has 0 unspecified atom stereocenters. The summed E-state index contributed by atoms with van der Waals surface area (Å²) >= 11 is 0. The molecule has 0 bridgehead atoms. The number of rotatable bonds is 11. The molecule has 15 heteroatoms. The predicted molar refractivity (Wildman–Crippen MR) is 199 cm³/mol. The van der Waals surface area contributed by atoms with Gasteiger partial charge in [0.05, 0.1) is 29.9 Å². The van der Waals surface area contributed by atoms with Crippen molar-refractivity contribution in [3.8, 4) is 5.75 Å². The highest BCUT2D eigenvalue weighted by atomic mass is 16.6. The first-order chi connectivity index (χ1) is 25.5. The van der Waals surface area contributed by atoms with Crippen LogP contribution in [0.25, 0.3) is 0 Å². The van der Waals surface area contributed by atoms with Crippen LogP contribution in [-0.2, 0) is 33.9 Å². The molecule has 0 saturated carbocycles. The van der Waals surface area contributed by atoms with Crippen LogP contribution in [0.2, 0.25) is 0 Å². The van der Waals surface area contributed by atoms with Crippen LogP contribution in [0, 0.1) is 0 Å². The number of ether oxygens (including phenoxy) is 3. The minimum atomic E-state index is -0.615. The smallest absolute Gasteiger partial charge is 0.338 e. The summed E-state index contributed by atoms with van der Waals surface area (Å²) in [7, 11) is 0. The first-order valence-electron chi connectivity index (χ1n) is 17.1. The predicted octanol–water partition coefficient (Wildman–Crippen LogP) is 5.52. The number of aromatic nitrogens is 2. The number of amides is 2. The lowest BCUT2D eigenvalue weighted by Crippen LogP contribution is -2.38. The quantitative estimate of drug-likeness (QED) is 0.0650. The molecule has 280 valence electrons. The Morgan fingerprint density at radius 1 is 0.815 bits per heavy atom. The second-order valence-corrected chi connectivity index (χ2v) is 14.3. The van der Waals surface area contributed by atoms with Crippen molar-refractivity contribution < 1.29 is 33.4 Å². The van der Waals surface area contributed by atoms with Crippen LogP contribution in [0.5, 0.6) is 5.75 Å². The zero-order valence-corrected chi connectivity index (χ0v) is 31.0. The van der Waals surface area contributed by atoms with E-state index in [1.165, 1.54) is 12.4 Å². The van der Waals surface area contributed by atoms with Gasteiger partial charge in [0, 0.05) is 6.54 Å². The number of nitrogens with two attached hydrogens (primary N) is 1. The molecule has 0 saturated heterocycles. The van der Waals surface area contributed by atoms with Gasteiger partial charge in [-0.1, -0.05) is 30.3 Å². The van der Waals surface area contributed by atoms with E-state index in [0.717, 1.165) is 11.1 Å². The number of nitrogens with zero attached hydrogens (tertiary/aromatic N) is 6. The van der Waals surface area contributed by atoms with Gasteiger partial charge in [-0.15, -0.1) is 5.10 Å². The molecule has 0 fully saturated rings. The standard InChI is InChI=1S/C39H42N8O7/c1-38(2,3)53-36(50)27-12-7-24(8-13-27)20-44-46-45-34(40)29-18-30(43-23-42-29)35(49)41-19-26-11-16-32-31(17-26)47(33(48)22-52-32)21-25-9-14-28(15-10-25)37(51)54-39(4,5)6/h7-18,23H,19-22H2,1-6H3,(H,41,49)(H2,40,44,45). The Kier molecular flexibility index (Phi) is 11.8. The summed E-state index contributed by atoms with van der Waals surface area (Å²) in [6, 6.07) is 20.4. The third-order valence-corrected chi connectivity index (χ3v) is 7.57. The highest BCUT2D eigenvalue weighted by Crippen LogP contribution is 2.34. The largest absolute Gasteiger partial charge is 0.482 e. The number of anilines is 1. The Bertz CT molecular complexity index is 2080. The van der Waals surface area contributed by atoms with Crippen LogP contribution < -0.4 is 20.7 Å². The van der Waals surface area contributed by atoms with Gasteiger partial charge in [0.1, 0.15) is 34.7 Å². The first kappa shape index (κ1) is 38.7. The summed E-state index contributed by atoms with van der Waals surface area (Å²) in [4.78, 5) is 60.4. The van der Waals surface area contributed by atoms with Gasteiger partial charge in [-0.25, -0.2) is 19.6 Å². The van der Waals surface area contributed by atoms with Crippen LogP contribution in [-0.4, -0.2) is 57.4 Å². The molecule has 4 aromatic rings. The molecule has 1 aromatic heterocycles. The summed E-state index contributed by atoms with van der Waals surface area (Å²) in [5.41, 5.74) is 8.76. The van der Waals surface area contributed by atoms with Gasteiger partial charge in [-0.2, -0.15) is 5.11 Å². The highest BCUT2D eigenvalue weighted by Gasteiger charge is 2.27. The number of amidine groups is 1. The molecule has 0 radical (unpaired) electrons. The van der Waals surface area contributed by atoms with Crippen LogP contribution in [0.3, 0.4) is 0 Å². The molecular formula is C39H42N8O7. The molecule has 1 aliphatic rings. The van der Waals surface area contributed by atoms with Crippen molar-refractivity contribution in [1.29, 1.82) is 0 Å². The molecule has 5 rings (SSSR count). The summed E-state index contributed by atoms with van der Waals surface area (Å²) in [5.74, 6) is -1.12. The molecule has 1 aliphatic heterocycles. The molecule has 54 heavy (non-hydrogen) atoms. The fourth-order valence-electron chi connectivity index (χ4n) is 5.02. The Morgan fingerprint density at radius 2 is 1.39 bits per heavy atom. The number of nitrogens with one attached hydrogen (secondary N) is 1. The van der Waals surface area contributed by atoms with Crippen molar-refractivity contribution in [1.82, 2.24) is 15.3 Å². The highest BCUT2D eigenvalue weighted by molar-refractivity contribution is 5.99. The van der Waals surface area contributed by atoms with Gasteiger partial charge in [0.2, 0.25) is 0 Å². The van der Waals surface area contributed by atoms with Crippen molar-refractivity contribution in [3.63, 3.8) is 0 Å². The summed E-state index contributed by atoms with van der Waals surface area (Å²) < 4.78 is 16.5. The molecular weight excluding hydrogens is 692 g/mol. The third-order valence-electron chi connectivity index (χ3n) is 7.57. The zero-order valence-electron chi connectivity index (χ0n) is 31.0. The topological polar surface area (TPSA) is 200 Å². The number of hydrogen-bond donors (Lipinski definition) is 2. The average Bonchev–Trinajstić information content (AvgIpc) is 3.12. The van der Waals surface area contributed by atoms with Gasteiger partial charge in [0.25, 0.3) is 11.8 Å². The van der Waals surface area contributed by atoms with Gasteiger partial charge < -0.3 is 30.2 Å². The normalized spacial score (nSPS) is 13.3. The number of carbonyl (C=O) groups excluding carboxylic acids is 4. The Hall–Kier alpha value is -6.51. The van der Waals surface area contributed by atoms with Gasteiger partial charge in [-0.05, 0) is 106 Å². The monoisotopic (exact) mass is 734 g/mol. The number of hydrogen-bond acceptors (Lipinski definition) is 11. The second kappa shape index (κ2) is 16.4. The van der Waals surface area contributed by atoms with E-state index in [1.54, 1.807) is 113 Å². The molecule has 0 atom stereocenters. The fraction of sp³-hybridized carbons (Fsp3) is 0.308. The van der Waals surface area contributed by atoms with E-state index >= 15 is 0 Å². The van der Waals surface area contributed by atoms with Crippen LogP contribution in [0.15, 0.2) is 94.6 Å². The van der Waals surface area contributed by atoms with E-state index in [4.69, 9.17) is 19.9 Å². The fourth-order valence-corrected chi connectivity index (χ4v) is 5.02. The minimum Gasteiger partial charge on any atom is -0.482 e. The number of fused-ring (bicyclic) bond motifs is 1. The molecule has 2 heterocycles. The Labute approximate surface area is 312 Å². The first-order valence-corrected chi connectivity index (χ1v) is 17.1. The number of carbonyl (C=O) groups is 4. The maximum atomic E-state index is 13.1. The maximum absolute atomic E-state index is 13.1. The lowest BCUT2D eigenvalue weighted by molar-refractivity contribution is -0.121. The summed E-state index contributed by atoms with van der Waals surface area (Å²) in [6.07, 6.45) is 1.19. The SMILES string of the molecule is CC(C)(C)OC(=O)c1ccc(CN=N/N=C(\N)c2cc(C(=O)NCc3ccc4c(c3)N(Cc3ccc(C(=O)OC(C)(C)C)cc3)C(=O)CO4)ncn2)cc1. The molecule has 3 N–H and O–H groups in total. The van der Waals surface area contributed by atoms with Crippen LogP contribution >= 0.6 is 0 Å². The van der Waals surface area contributed by atoms with Crippen molar-refractivity contribution in [2.45, 2.75) is 72.4 Å². The Morgan fingerprint density at radius 3 is 2.00 bits per heavy atom. The maximum Gasteiger partial charge on any atom is 0.338 e. The van der Waals surface area contributed by atoms with E-state index in [-0.39, 0.29) is 49.4 Å². The van der Waals surface area contributed by atoms with E-state index < -0.39 is 29.0 Å². The van der Waals surface area contributed by atoms with Crippen molar-refractivity contribution in [3.05, 3.63) is 118 Å². The number of esters is 2. The average molecular weight is 735 g/mol. The van der Waals surface area contributed by atoms with Gasteiger partial charge >= 0.3 is 11.9 Å². The summed E-state index contributed by atoms with van der Waals surface area (Å²) in [6.45, 7) is 11.2. The molecule has 0 spiro atoms. The lowest BCUT2D eigenvalue weighted by atomic mass is 10.1. The van der Waals surface area contributed by atoms with Crippen molar-refractivity contribution in [2.24, 2.45) is 21.2 Å². The van der Waals surface area contributed by atoms with E-state index in [0.29, 0.717) is 28.1 Å². The number of benzene rings is 3. The van der Waals surface area contributed by atoms with Crippen molar-refractivity contribution >= 4 is 35.3 Å². The van der Waals surface area contributed by atoms with Crippen LogP contribution in [0.4, 0.5) is 5.69 Å². The molecule has 2 amide bonds. The van der Waals surface area contributed by atoms with Crippen molar-refractivity contribution in [2.75, 3.05) is 11.5 Å². The lowest BCUT2D eigenvalue weighted by Gasteiger charge is -2.30. The van der Waals surface area contributed by atoms with Crippen LogP contribution in [0.1, 0.15) is 95.1 Å². The van der Waals surface area contributed by atoms with Gasteiger partial charge in [-0.3, -0.25) is 9.59 Å². The van der Waals surface area contributed by atoms with Gasteiger partial charge in [0.15, 0.2) is 12.4 Å². The van der Waals surface area contributed by atoms with E-state index in [2.05, 4.69) is 30.7 Å². The summed E-state index contributed by atoms with van der Waals surface area (Å²) in [5, 5.41) is 14.5. The third kappa shape index (κ3) is 10.8.